The van der Waals surface area contributed by atoms with E-state index in [0.717, 1.165) is 36.9 Å². The molecular formula is C12H17BrNO+. The largest absolute Gasteiger partial charge is 0.393 e. The van der Waals surface area contributed by atoms with Crippen LogP contribution >= 0.6 is 15.9 Å². The molecule has 1 aliphatic heterocycles. The summed E-state index contributed by atoms with van der Waals surface area (Å²) >= 11 is 3.44. The van der Waals surface area contributed by atoms with Crippen molar-refractivity contribution in [3.05, 3.63) is 34.3 Å². The molecule has 15 heavy (non-hydrogen) atoms. The van der Waals surface area contributed by atoms with Crippen LogP contribution in [-0.2, 0) is 6.54 Å². The first-order valence-electron chi connectivity index (χ1n) is 5.50. The van der Waals surface area contributed by atoms with E-state index in [4.69, 9.17) is 0 Å². The molecule has 1 fully saturated rings. The molecule has 0 radical (unpaired) electrons. The highest BCUT2D eigenvalue weighted by molar-refractivity contribution is 9.10. The summed E-state index contributed by atoms with van der Waals surface area (Å²) in [5, 5.41) is 9.41. The van der Waals surface area contributed by atoms with E-state index < -0.39 is 0 Å². The zero-order valence-electron chi connectivity index (χ0n) is 8.75. The molecule has 82 valence electrons. The Kier molecular flexibility index (Phi) is 3.78. The lowest BCUT2D eigenvalue weighted by atomic mass is 10.1. The monoisotopic (exact) mass is 270 g/mol. The average Bonchev–Trinajstić information content (AvgIpc) is 2.25. The summed E-state index contributed by atoms with van der Waals surface area (Å²) in [6.45, 7) is 3.27. The van der Waals surface area contributed by atoms with Crippen LogP contribution in [0.3, 0.4) is 0 Å². The molecule has 3 heteroatoms. The minimum absolute atomic E-state index is 0.0568. The first-order chi connectivity index (χ1) is 7.24. The molecule has 0 atom stereocenters. The Morgan fingerprint density at radius 2 is 1.80 bits per heavy atom. The first-order valence-corrected chi connectivity index (χ1v) is 6.29. The molecule has 0 aliphatic carbocycles. The second kappa shape index (κ2) is 5.10. The number of nitrogens with one attached hydrogen (secondary N) is 1. The van der Waals surface area contributed by atoms with Gasteiger partial charge in [0.15, 0.2) is 0 Å². The van der Waals surface area contributed by atoms with Gasteiger partial charge in [0.1, 0.15) is 6.54 Å². The van der Waals surface area contributed by atoms with Gasteiger partial charge in [-0.1, -0.05) is 28.1 Å². The van der Waals surface area contributed by atoms with E-state index in [-0.39, 0.29) is 6.10 Å². The molecule has 1 saturated heterocycles. The molecule has 0 spiro atoms. The lowest BCUT2D eigenvalue weighted by Crippen LogP contribution is -3.12. The molecular weight excluding hydrogens is 254 g/mol. The summed E-state index contributed by atoms with van der Waals surface area (Å²) in [5.74, 6) is 0. The predicted octanol–water partition coefficient (Wildman–Crippen LogP) is 0.989. The fraction of sp³-hybridized carbons (Fsp3) is 0.500. The Balaban J connectivity index is 1.89. The van der Waals surface area contributed by atoms with E-state index in [0.29, 0.717) is 0 Å². The van der Waals surface area contributed by atoms with Gasteiger partial charge in [0.05, 0.1) is 19.2 Å². The van der Waals surface area contributed by atoms with Crippen LogP contribution in [0, 0.1) is 0 Å². The summed E-state index contributed by atoms with van der Waals surface area (Å²) in [6.07, 6.45) is 1.84. The molecule has 2 N–H and O–H groups in total. The zero-order chi connectivity index (χ0) is 10.7. The van der Waals surface area contributed by atoms with Crippen molar-refractivity contribution in [2.24, 2.45) is 0 Å². The molecule has 0 amide bonds. The number of halogens is 1. The Bertz CT molecular complexity index is 304. The van der Waals surface area contributed by atoms with E-state index in [1.54, 1.807) is 4.90 Å². The van der Waals surface area contributed by atoms with Gasteiger partial charge in [-0.25, -0.2) is 0 Å². The molecule has 0 unspecified atom stereocenters. The zero-order valence-corrected chi connectivity index (χ0v) is 10.3. The van der Waals surface area contributed by atoms with Gasteiger partial charge in [-0.15, -0.1) is 0 Å². The van der Waals surface area contributed by atoms with Gasteiger partial charge in [-0.2, -0.15) is 0 Å². The summed E-state index contributed by atoms with van der Waals surface area (Å²) in [6, 6.07) is 8.52. The van der Waals surface area contributed by atoms with Crippen LogP contribution in [0.2, 0.25) is 0 Å². The van der Waals surface area contributed by atoms with Gasteiger partial charge in [0.25, 0.3) is 0 Å². The Morgan fingerprint density at radius 3 is 2.40 bits per heavy atom. The lowest BCUT2D eigenvalue weighted by Gasteiger charge is -2.26. The fourth-order valence-corrected chi connectivity index (χ4v) is 2.34. The first kappa shape index (κ1) is 11.1. The minimum atomic E-state index is -0.0568. The Morgan fingerprint density at radius 1 is 1.20 bits per heavy atom. The Labute approximate surface area is 99.0 Å². The van der Waals surface area contributed by atoms with Crippen molar-refractivity contribution < 1.29 is 10.0 Å². The summed E-state index contributed by atoms with van der Waals surface area (Å²) in [7, 11) is 0. The molecule has 2 rings (SSSR count). The fourth-order valence-electron chi connectivity index (χ4n) is 2.08. The highest BCUT2D eigenvalue weighted by Gasteiger charge is 2.19. The van der Waals surface area contributed by atoms with Gasteiger partial charge in [0.2, 0.25) is 0 Å². The molecule has 2 nitrogen and oxygen atoms in total. The lowest BCUT2D eigenvalue weighted by molar-refractivity contribution is -0.919. The smallest absolute Gasteiger partial charge is 0.103 e. The number of quaternary nitrogens is 1. The molecule has 0 bridgehead atoms. The third kappa shape index (κ3) is 3.30. The van der Waals surface area contributed by atoms with Crippen LogP contribution < -0.4 is 4.90 Å². The topological polar surface area (TPSA) is 24.7 Å². The Hall–Kier alpha value is -0.380. The van der Waals surface area contributed by atoms with Crippen molar-refractivity contribution in [1.82, 2.24) is 0 Å². The van der Waals surface area contributed by atoms with Crippen molar-refractivity contribution in [1.29, 1.82) is 0 Å². The maximum absolute atomic E-state index is 9.41. The number of rotatable bonds is 2. The number of likely N-dealkylation sites (tertiary alicyclic amines) is 1. The van der Waals surface area contributed by atoms with Crippen LogP contribution in [0.15, 0.2) is 28.7 Å². The van der Waals surface area contributed by atoms with Crippen molar-refractivity contribution in [2.45, 2.75) is 25.5 Å². The molecule has 1 aliphatic rings. The highest BCUT2D eigenvalue weighted by atomic mass is 79.9. The summed E-state index contributed by atoms with van der Waals surface area (Å²) in [5.41, 5.74) is 1.38. The second-order valence-electron chi connectivity index (χ2n) is 4.28. The average molecular weight is 271 g/mol. The van der Waals surface area contributed by atoms with Gasteiger partial charge in [-0.05, 0) is 12.1 Å². The summed E-state index contributed by atoms with van der Waals surface area (Å²) < 4.78 is 1.13. The SMILES string of the molecule is OC1CC[NH+](Cc2ccc(Br)cc2)CC1. The van der Waals surface area contributed by atoms with Gasteiger partial charge in [0, 0.05) is 22.9 Å². The third-order valence-corrected chi connectivity index (χ3v) is 3.56. The van der Waals surface area contributed by atoms with Crippen LogP contribution in [0.4, 0.5) is 0 Å². The molecule has 1 heterocycles. The van der Waals surface area contributed by atoms with E-state index in [1.807, 2.05) is 0 Å². The maximum atomic E-state index is 9.41. The molecule has 0 saturated carbocycles. The van der Waals surface area contributed by atoms with Gasteiger partial charge < -0.3 is 10.0 Å². The maximum Gasteiger partial charge on any atom is 0.103 e. The number of aliphatic hydroxyl groups is 1. The number of benzene rings is 1. The van der Waals surface area contributed by atoms with Crippen molar-refractivity contribution >= 4 is 15.9 Å². The normalized spacial score (nSPS) is 26.5. The van der Waals surface area contributed by atoms with Crippen molar-refractivity contribution in [3.63, 3.8) is 0 Å². The van der Waals surface area contributed by atoms with Gasteiger partial charge >= 0.3 is 0 Å². The van der Waals surface area contributed by atoms with E-state index in [1.165, 1.54) is 5.56 Å². The van der Waals surface area contributed by atoms with Crippen molar-refractivity contribution in [3.8, 4) is 0 Å². The molecule has 0 aromatic heterocycles. The third-order valence-electron chi connectivity index (χ3n) is 3.03. The van der Waals surface area contributed by atoms with E-state index >= 15 is 0 Å². The molecule has 1 aromatic carbocycles. The number of hydrogen-bond acceptors (Lipinski definition) is 1. The second-order valence-corrected chi connectivity index (χ2v) is 5.20. The van der Waals surface area contributed by atoms with Crippen molar-refractivity contribution in [2.75, 3.05) is 13.1 Å². The predicted molar refractivity (Wildman–Crippen MR) is 63.8 cm³/mol. The van der Waals surface area contributed by atoms with Crippen LogP contribution in [0.1, 0.15) is 18.4 Å². The molecule has 1 aromatic rings. The number of piperidine rings is 1. The number of aliphatic hydroxyl groups excluding tert-OH is 1. The van der Waals surface area contributed by atoms with Crippen LogP contribution in [0.25, 0.3) is 0 Å². The standard InChI is InChI=1S/C12H16BrNO/c13-11-3-1-10(2-4-11)9-14-7-5-12(15)6-8-14/h1-4,12,15H,5-9H2/p+1. The minimum Gasteiger partial charge on any atom is -0.393 e. The summed E-state index contributed by atoms with van der Waals surface area (Å²) in [4.78, 5) is 1.59. The van der Waals surface area contributed by atoms with E-state index in [2.05, 4.69) is 40.2 Å². The van der Waals surface area contributed by atoms with E-state index in [9.17, 15) is 5.11 Å². The number of hydrogen-bond donors (Lipinski definition) is 2. The highest BCUT2D eigenvalue weighted by Crippen LogP contribution is 2.10. The quantitative estimate of drug-likeness (QED) is 0.823. The van der Waals surface area contributed by atoms with Gasteiger partial charge in [-0.3, -0.25) is 0 Å². The van der Waals surface area contributed by atoms with Crippen LogP contribution in [0.5, 0.6) is 0 Å². The van der Waals surface area contributed by atoms with Crippen LogP contribution in [-0.4, -0.2) is 24.3 Å².